The van der Waals surface area contributed by atoms with Crippen LogP contribution in [-0.2, 0) is 14.8 Å². The van der Waals surface area contributed by atoms with Gasteiger partial charge < -0.3 is 4.74 Å². The molecule has 0 bridgehead atoms. The SMILES string of the molecule is COC(=O)c1ccc(C)c(S(=O)(=O)N(C)C(C)C(C)(C)C)c1. The van der Waals surface area contributed by atoms with Crippen LogP contribution >= 0.6 is 0 Å². The van der Waals surface area contributed by atoms with Gasteiger partial charge in [0.05, 0.1) is 17.6 Å². The van der Waals surface area contributed by atoms with Gasteiger partial charge in [-0.25, -0.2) is 13.2 Å². The van der Waals surface area contributed by atoms with Gasteiger partial charge in [0, 0.05) is 13.1 Å². The van der Waals surface area contributed by atoms with Crippen molar-refractivity contribution in [3.63, 3.8) is 0 Å². The molecular weight excluding hydrogens is 302 g/mol. The maximum absolute atomic E-state index is 12.9. The molecule has 0 amide bonds. The van der Waals surface area contributed by atoms with Crippen LogP contribution in [-0.4, -0.2) is 38.9 Å². The summed E-state index contributed by atoms with van der Waals surface area (Å²) in [6, 6.07) is 4.36. The Balaban J connectivity index is 3.37. The molecule has 1 aromatic rings. The molecule has 124 valence electrons. The molecule has 0 heterocycles. The summed E-state index contributed by atoms with van der Waals surface area (Å²) in [6.07, 6.45) is 0. The highest BCUT2D eigenvalue weighted by atomic mass is 32.2. The fourth-order valence-corrected chi connectivity index (χ4v) is 3.83. The van der Waals surface area contributed by atoms with Gasteiger partial charge in [-0.1, -0.05) is 26.8 Å². The molecule has 5 nitrogen and oxygen atoms in total. The second-order valence-electron chi connectivity index (χ2n) is 6.54. The van der Waals surface area contributed by atoms with Crippen molar-refractivity contribution in [3.05, 3.63) is 29.3 Å². The lowest BCUT2D eigenvalue weighted by atomic mass is 9.88. The first-order valence-corrected chi connectivity index (χ1v) is 8.54. The zero-order valence-corrected chi connectivity index (χ0v) is 15.1. The Kier molecular flexibility index (Phi) is 5.41. The zero-order chi connectivity index (χ0) is 17.3. The van der Waals surface area contributed by atoms with Crippen molar-refractivity contribution in [2.75, 3.05) is 14.2 Å². The fourth-order valence-electron chi connectivity index (χ4n) is 2.03. The molecule has 0 saturated heterocycles. The predicted octanol–water partition coefficient (Wildman–Crippen LogP) is 2.84. The molecule has 0 aliphatic carbocycles. The van der Waals surface area contributed by atoms with Crippen LogP contribution in [0.4, 0.5) is 0 Å². The van der Waals surface area contributed by atoms with Crippen molar-refractivity contribution >= 4 is 16.0 Å². The maximum atomic E-state index is 12.9. The van der Waals surface area contributed by atoms with Gasteiger partial charge in [0.2, 0.25) is 10.0 Å². The minimum absolute atomic E-state index is 0.133. The van der Waals surface area contributed by atoms with Crippen molar-refractivity contribution in [2.45, 2.75) is 45.6 Å². The average Bonchev–Trinajstić information content (AvgIpc) is 2.44. The average molecular weight is 327 g/mol. The van der Waals surface area contributed by atoms with Gasteiger partial charge in [-0.2, -0.15) is 4.31 Å². The van der Waals surface area contributed by atoms with Crippen LogP contribution in [0, 0.1) is 12.3 Å². The van der Waals surface area contributed by atoms with Gasteiger partial charge in [-0.05, 0) is 37.0 Å². The maximum Gasteiger partial charge on any atom is 0.337 e. The zero-order valence-electron chi connectivity index (χ0n) is 14.3. The topological polar surface area (TPSA) is 63.7 Å². The number of hydrogen-bond acceptors (Lipinski definition) is 4. The monoisotopic (exact) mass is 327 g/mol. The largest absolute Gasteiger partial charge is 0.465 e. The van der Waals surface area contributed by atoms with Crippen molar-refractivity contribution in [1.29, 1.82) is 0 Å². The molecule has 6 heteroatoms. The van der Waals surface area contributed by atoms with Crippen molar-refractivity contribution in [3.8, 4) is 0 Å². The van der Waals surface area contributed by atoms with E-state index in [0.29, 0.717) is 5.56 Å². The predicted molar refractivity (Wildman–Crippen MR) is 86.4 cm³/mol. The second kappa shape index (κ2) is 6.38. The molecule has 0 aliphatic heterocycles. The van der Waals surface area contributed by atoms with E-state index in [1.54, 1.807) is 26.1 Å². The summed E-state index contributed by atoms with van der Waals surface area (Å²) in [7, 11) is -0.858. The van der Waals surface area contributed by atoms with Gasteiger partial charge >= 0.3 is 5.97 Å². The number of benzene rings is 1. The standard InChI is InChI=1S/C16H25NO4S/c1-11-8-9-13(15(18)21-7)10-14(11)22(19,20)17(6)12(2)16(3,4)5/h8-10,12H,1-7H3. The quantitative estimate of drug-likeness (QED) is 0.798. The van der Waals surface area contributed by atoms with E-state index in [9.17, 15) is 13.2 Å². The minimum atomic E-state index is -3.69. The van der Waals surface area contributed by atoms with E-state index in [1.165, 1.54) is 17.5 Å². The Morgan fingerprint density at radius 3 is 2.27 bits per heavy atom. The molecule has 1 aromatic carbocycles. The van der Waals surface area contributed by atoms with E-state index in [-0.39, 0.29) is 21.9 Å². The van der Waals surface area contributed by atoms with Crippen LogP contribution in [0.2, 0.25) is 0 Å². The first-order chi connectivity index (χ1) is 9.92. The summed E-state index contributed by atoms with van der Waals surface area (Å²) in [5.41, 5.74) is 0.625. The fraction of sp³-hybridized carbons (Fsp3) is 0.562. The number of esters is 1. The Bertz CT molecular complexity index is 659. The Morgan fingerprint density at radius 2 is 1.82 bits per heavy atom. The smallest absolute Gasteiger partial charge is 0.337 e. The summed E-state index contributed by atoms with van der Waals surface area (Å²) >= 11 is 0. The van der Waals surface area contributed by atoms with E-state index >= 15 is 0 Å². The van der Waals surface area contributed by atoms with Crippen molar-refractivity contribution in [1.82, 2.24) is 4.31 Å². The van der Waals surface area contributed by atoms with Gasteiger partial charge in [0.15, 0.2) is 0 Å². The highest BCUT2D eigenvalue weighted by Gasteiger charge is 2.33. The molecule has 22 heavy (non-hydrogen) atoms. The third-order valence-electron chi connectivity index (χ3n) is 4.07. The lowest BCUT2D eigenvalue weighted by molar-refractivity contribution is 0.0600. The van der Waals surface area contributed by atoms with Crippen LogP contribution in [0.5, 0.6) is 0 Å². The van der Waals surface area contributed by atoms with Crippen LogP contribution in [0.15, 0.2) is 23.1 Å². The number of methoxy groups -OCH3 is 1. The highest BCUT2D eigenvalue weighted by molar-refractivity contribution is 7.89. The first kappa shape index (κ1) is 18.6. The number of nitrogens with zero attached hydrogens (tertiary/aromatic N) is 1. The molecule has 0 aromatic heterocycles. The number of aryl methyl sites for hydroxylation is 1. The lowest BCUT2D eigenvalue weighted by Crippen LogP contribution is -2.43. The Labute approximate surface area is 133 Å². The molecule has 0 aliphatic rings. The summed E-state index contributed by atoms with van der Waals surface area (Å²) in [5.74, 6) is -0.553. The summed E-state index contributed by atoms with van der Waals surface area (Å²) < 4.78 is 31.8. The molecule has 0 spiro atoms. The molecule has 1 rings (SSSR count). The Hall–Kier alpha value is -1.40. The third kappa shape index (κ3) is 3.67. The number of sulfonamides is 1. The van der Waals surface area contributed by atoms with Gasteiger partial charge in [0.25, 0.3) is 0 Å². The molecule has 1 unspecified atom stereocenters. The van der Waals surface area contributed by atoms with E-state index in [0.717, 1.165) is 0 Å². The number of ether oxygens (including phenoxy) is 1. The van der Waals surface area contributed by atoms with Crippen LogP contribution in [0.25, 0.3) is 0 Å². The second-order valence-corrected chi connectivity index (χ2v) is 8.50. The van der Waals surface area contributed by atoms with Crippen molar-refractivity contribution in [2.24, 2.45) is 5.41 Å². The number of rotatable bonds is 4. The first-order valence-electron chi connectivity index (χ1n) is 7.10. The number of carbonyl (C=O) groups excluding carboxylic acids is 1. The molecule has 0 fully saturated rings. The normalized spacial score (nSPS) is 14.0. The molecule has 0 radical (unpaired) electrons. The summed E-state index contributed by atoms with van der Waals surface area (Å²) in [6.45, 7) is 9.55. The number of carbonyl (C=O) groups is 1. The molecular formula is C16H25NO4S. The molecule has 0 saturated carbocycles. The van der Waals surface area contributed by atoms with Crippen LogP contribution in [0.1, 0.15) is 43.6 Å². The van der Waals surface area contributed by atoms with E-state index in [1.807, 2.05) is 27.7 Å². The van der Waals surface area contributed by atoms with E-state index in [2.05, 4.69) is 4.74 Å². The Morgan fingerprint density at radius 1 is 1.27 bits per heavy atom. The number of hydrogen-bond donors (Lipinski definition) is 0. The van der Waals surface area contributed by atoms with Crippen LogP contribution in [0.3, 0.4) is 0 Å². The summed E-state index contributed by atoms with van der Waals surface area (Å²) in [4.78, 5) is 11.8. The lowest BCUT2D eigenvalue weighted by Gasteiger charge is -2.34. The molecule has 0 N–H and O–H groups in total. The van der Waals surface area contributed by atoms with E-state index < -0.39 is 16.0 Å². The van der Waals surface area contributed by atoms with Crippen molar-refractivity contribution < 1.29 is 17.9 Å². The van der Waals surface area contributed by atoms with Crippen LogP contribution < -0.4 is 0 Å². The van der Waals surface area contributed by atoms with Gasteiger partial charge in [-0.15, -0.1) is 0 Å². The third-order valence-corrected chi connectivity index (χ3v) is 6.14. The highest BCUT2D eigenvalue weighted by Crippen LogP contribution is 2.29. The minimum Gasteiger partial charge on any atom is -0.465 e. The van der Waals surface area contributed by atoms with Gasteiger partial charge in [0.1, 0.15) is 0 Å². The molecule has 1 atom stereocenters. The summed E-state index contributed by atoms with van der Waals surface area (Å²) in [5, 5.41) is 0. The van der Waals surface area contributed by atoms with Gasteiger partial charge in [-0.3, -0.25) is 0 Å². The van der Waals surface area contributed by atoms with E-state index in [4.69, 9.17) is 0 Å².